The third-order valence-corrected chi connectivity index (χ3v) is 4.35. The summed E-state index contributed by atoms with van der Waals surface area (Å²) in [7, 11) is 2.27. The van der Waals surface area contributed by atoms with Gasteiger partial charge in [0.25, 0.3) is 0 Å². The lowest BCUT2D eigenvalue weighted by Crippen LogP contribution is -2.39. The standard InChI is InChI=1S/C12H26N2S/c1-4-5-11(2)13-7-8-14(3)12-6-9-15-10-12/h11-13H,4-10H2,1-3H3. The molecule has 0 aromatic heterocycles. The maximum absolute atomic E-state index is 3.59. The fraction of sp³-hybridized carbons (Fsp3) is 1.00. The van der Waals surface area contributed by atoms with E-state index in [0.29, 0.717) is 6.04 Å². The van der Waals surface area contributed by atoms with Gasteiger partial charge in [0.1, 0.15) is 0 Å². The van der Waals surface area contributed by atoms with Crippen molar-refractivity contribution in [3.63, 3.8) is 0 Å². The minimum absolute atomic E-state index is 0.682. The van der Waals surface area contributed by atoms with Crippen LogP contribution in [0, 0.1) is 0 Å². The fourth-order valence-corrected chi connectivity index (χ4v) is 3.37. The van der Waals surface area contributed by atoms with Crippen molar-refractivity contribution >= 4 is 11.8 Å². The quantitative estimate of drug-likeness (QED) is 0.722. The topological polar surface area (TPSA) is 15.3 Å². The highest BCUT2D eigenvalue weighted by Gasteiger charge is 2.19. The van der Waals surface area contributed by atoms with Crippen molar-refractivity contribution in [2.75, 3.05) is 31.6 Å². The normalized spacial score (nSPS) is 23.6. The van der Waals surface area contributed by atoms with Gasteiger partial charge in [-0.3, -0.25) is 0 Å². The summed E-state index contributed by atoms with van der Waals surface area (Å²) in [6.45, 7) is 6.87. The molecule has 0 aromatic rings. The Bertz CT molecular complexity index is 158. The molecule has 0 spiro atoms. The molecule has 1 aliphatic rings. The van der Waals surface area contributed by atoms with E-state index >= 15 is 0 Å². The van der Waals surface area contributed by atoms with Crippen LogP contribution in [0.4, 0.5) is 0 Å². The largest absolute Gasteiger partial charge is 0.313 e. The molecule has 3 heteroatoms. The first-order chi connectivity index (χ1) is 7.24. The highest BCUT2D eigenvalue weighted by Crippen LogP contribution is 2.20. The molecular weight excluding hydrogens is 204 g/mol. The monoisotopic (exact) mass is 230 g/mol. The Morgan fingerprint density at radius 2 is 2.33 bits per heavy atom. The van der Waals surface area contributed by atoms with Gasteiger partial charge in [0.15, 0.2) is 0 Å². The number of hydrogen-bond donors (Lipinski definition) is 1. The molecule has 1 heterocycles. The Hall–Kier alpha value is 0.270. The van der Waals surface area contributed by atoms with Gasteiger partial charge in [-0.1, -0.05) is 13.3 Å². The maximum Gasteiger partial charge on any atom is 0.0191 e. The minimum atomic E-state index is 0.682. The van der Waals surface area contributed by atoms with Crippen LogP contribution in [0.5, 0.6) is 0 Å². The van der Waals surface area contributed by atoms with E-state index in [0.717, 1.165) is 12.6 Å². The molecular formula is C12H26N2S. The van der Waals surface area contributed by atoms with Crippen molar-refractivity contribution in [3.8, 4) is 0 Å². The van der Waals surface area contributed by atoms with Crippen molar-refractivity contribution in [2.45, 2.75) is 45.2 Å². The second-order valence-corrected chi connectivity index (χ2v) is 5.79. The van der Waals surface area contributed by atoms with E-state index in [1.165, 1.54) is 37.3 Å². The Morgan fingerprint density at radius 3 is 2.93 bits per heavy atom. The summed E-state index contributed by atoms with van der Waals surface area (Å²) in [6.07, 6.45) is 3.96. The Labute approximate surface area is 99.2 Å². The lowest BCUT2D eigenvalue weighted by atomic mass is 10.2. The van der Waals surface area contributed by atoms with Crippen molar-refractivity contribution in [1.29, 1.82) is 0 Å². The van der Waals surface area contributed by atoms with Crippen molar-refractivity contribution < 1.29 is 0 Å². The van der Waals surface area contributed by atoms with Crippen molar-refractivity contribution in [2.24, 2.45) is 0 Å². The van der Waals surface area contributed by atoms with Gasteiger partial charge in [-0.15, -0.1) is 0 Å². The average Bonchev–Trinajstić information content (AvgIpc) is 2.70. The van der Waals surface area contributed by atoms with Gasteiger partial charge in [-0.25, -0.2) is 0 Å². The van der Waals surface area contributed by atoms with Gasteiger partial charge in [-0.05, 0) is 32.6 Å². The third-order valence-electron chi connectivity index (χ3n) is 3.21. The van der Waals surface area contributed by atoms with E-state index in [9.17, 15) is 0 Å². The number of hydrogen-bond acceptors (Lipinski definition) is 3. The number of nitrogens with zero attached hydrogens (tertiary/aromatic N) is 1. The SMILES string of the molecule is CCCC(C)NCCN(C)C1CCSC1. The zero-order valence-electron chi connectivity index (χ0n) is 10.5. The molecule has 1 fully saturated rings. The molecule has 0 aromatic carbocycles. The zero-order valence-corrected chi connectivity index (χ0v) is 11.3. The Balaban J connectivity index is 2.03. The van der Waals surface area contributed by atoms with Gasteiger partial charge >= 0.3 is 0 Å². The molecule has 90 valence electrons. The van der Waals surface area contributed by atoms with Crippen LogP contribution in [0.1, 0.15) is 33.1 Å². The summed E-state index contributed by atoms with van der Waals surface area (Å²) in [5, 5.41) is 3.59. The van der Waals surface area contributed by atoms with Crippen LogP contribution in [-0.2, 0) is 0 Å². The molecule has 1 aliphatic heterocycles. The van der Waals surface area contributed by atoms with Crippen LogP contribution in [-0.4, -0.2) is 48.6 Å². The zero-order chi connectivity index (χ0) is 11.1. The van der Waals surface area contributed by atoms with Gasteiger partial charge in [0, 0.05) is 30.9 Å². The summed E-state index contributed by atoms with van der Waals surface area (Å²) in [5.74, 6) is 2.69. The van der Waals surface area contributed by atoms with Crippen LogP contribution in [0.3, 0.4) is 0 Å². The Morgan fingerprint density at radius 1 is 1.53 bits per heavy atom. The van der Waals surface area contributed by atoms with Crippen LogP contribution in [0.15, 0.2) is 0 Å². The second kappa shape index (κ2) is 7.53. The van der Waals surface area contributed by atoms with Crippen LogP contribution in [0.2, 0.25) is 0 Å². The number of rotatable bonds is 7. The van der Waals surface area contributed by atoms with E-state index < -0.39 is 0 Å². The molecule has 15 heavy (non-hydrogen) atoms. The summed E-state index contributed by atoms with van der Waals surface area (Å²) >= 11 is 2.10. The van der Waals surface area contributed by atoms with Crippen LogP contribution in [0.25, 0.3) is 0 Å². The molecule has 0 bridgehead atoms. The predicted molar refractivity (Wildman–Crippen MR) is 70.7 cm³/mol. The second-order valence-electron chi connectivity index (χ2n) is 4.64. The number of thioether (sulfide) groups is 1. The van der Waals surface area contributed by atoms with Gasteiger partial charge in [-0.2, -0.15) is 11.8 Å². The van der Waals surface area contributed by atoms with E-state index in [2.05, 4.69) is 42.9 Å². The van der Waals surface area contributed by atoms with Gasteiger partial charge in [0.2, 0.25) is 0 Å². The summed E-state index contributed by atoms with van der Waals surface area (Å²) < 4.78 is 0. The van der Waals surface area contributed by atoms with Crippen LogP contribution < -0.4 is 5.32 Å². The molecule has 2 atom stereocenters. The predicted octanol–water partition coefficient (Wildman–Crippen LogP) is 2.20. The van der Waals surface area contributed by atoms with E-state index in [-0.39, 0.29) is 0 Å². The van der Waals surface area contributed by atoms with Gasteiger partial charge in [0.05, 0.1) is 0 Å². The molecule has 1 N–H and O–H groups in total. The lowest BCUT2D eigenvalue weighted by molar-refractivity contribution is 0.258. The molecule has 1 rings (SSSR count). The summed E-state index contributed by atoms with van der Waals surface area (Å²) in [6, 6.07) is 1.51. The smallest absolute Gasteiger partial charge is 0.0191 e. The number of nitrogens with one attached hydrogen (secondary N) is 1. The molecule has 0 aliphatic carbocycles. The summed E-state index contributed by atoms with van der Waals surface area (Å²) in [5.41, 5.74) is 0. The number of likely N-dealkylation sites (N-methyl/N-ethyl adjacent to an activating group) is 1. The van der Waals surface area contributed by atoms with E-state index in [1.807, 2.05) is 0 Å². The molecule has 0 amide bonds. The summed E-state index contributed by atoms with van der Waals surface area (Å²) in [4.78, 5) is 2.52. The highest BCUT2D eigenvalue weighted by molar-refractivity contribution is 7.99. The van der Waals surface area contributed by atoms with Crippen molar-refractivity contribution in [3.05, 3.63) is 0 Å². The first-order valence-corrected chi connectivity index (χ1v) is 7.41. The minimum Gasteiger partial charge on any atom is -0.313 e. The first-order valence-electron chi connectivity index (χ1n) is 6.25. The fourth-order valence-electron chi connectivity index (χ4n) is 2.07. The van der Waals surface area contributed by atoms with Crippen molar-refractivity contribution in [1.82, 2.24) is 10.2 Å². The molecule has 2 unspecified atom stereocenters. The molecule has 2 nitrogen and oxygen atoms in total. The van der Waals surface area contributed by atoms with E-state index in [4.69, 9.17) is 0 Å². The molecule has 0 saturated carbocycles. The van der Waals surface area contributed by atoms with Gasteiger partial charge < -0.3 is 10.2 Å². The lowest BCUT2D eigenvalue weighted by Gasteiger charge is -2.24. The average molecular weight is 230 g/mol. The highest BCUT2D eigenvalue weighted by atomic mass is 32.2. The van der Waals surface area contributed by atoms with E-state index in [1.54, 1.807) is 0 Å². The van der Waals surface area contributed by atoms with Crippen LogP contribution >= 0.6 is 11.8 Å². The Kier molecular flexibility index (Phi) is 6.69. The maximum atomic E-state index is 3.59. The molecule has 1 saturated heterocycles. The molecule has 0 radical (unpaired) electrons. The third kappa shape index (κ3) is 5.23. The first kappa shape index (κ1) is 13.3.